The second-order valence-electron chi connectivity index (χ2n) is 3.15. The predicted molar refractivity (Wildman–Crippen MR) is 58.4 cm³/mol. The Balaban J connectivity index is 3.13. The minimum atomic E-state index is -0.555. The Morgan fingerprint density at radius 3 is 2.38 bits per heavy atom. The highest BCUT2D eigenvalue weighted by molar-refractivity contribution is 6.04. The van der Waals surface area contributed by atoms with E-state index in [1.807, 2.05) is 0 Å². The van der Waals surface area contributed by atoms with Gasteiger partial charge in [0.05, 0.1) is 11.3 Å². The van der Waals surface area contributed by atoms with E-state index in [1.54, 1.807) is 6.92 Å². The number of benzene rings is 1. The van der Waals surface area contributed by atoms with Crippen molar-refractivity contribution in [2.24, 2.45) is 5.16 Å². The van der Waals surface area contributed by atoms with E-state index in [0.29, 0.717) is 12.1 Å². The van der Waals surface area contributed by atoms with Crippen molar-refractivity contribution in [3.05, 3.63) is 23.8 Å². The standard InChI is InChI=1S/C11H13NO4/c1-3-8(12-16-7(2)13)11-9(14)5-4-6-10(11)15/h4-6,14-15H,3H2,1-2H3. The Morgan fingerprint density at radius 2 is 1.94 bits per heavy atom. The molecule has 0 aromatic heterocycles. The molecule has 86 valence electrons. The molecule has 0 saturated carbocycles. The minimum absolute atomic E-state index is 0.104. The largest absolute Gasteiger partial charge is 0.507 e. The van der Waals surface area contributed by atoms with Crippen LogP contribution in [0.15, 0.2) is 23.4 Å². The second kappa shape index (κ2) is 5.16. The van der Waals surface area contributed by atoms with E-state index in [4.69, 9.17) is 0 Å². The average Bonchev–Trinajstić information content (AvgIpc) is 2.22. The summed E-state index contributed by atoms with van der Waals surface area (Å²) >= 11 is 0. The summed E-state index contributed by atoms with van der Waals surface area (Å²) in [7, 11) is 0. The smallest absolute Gasteiger partial charge is 0.331 e. The van der Waals surface area contributed by atoms with Crippen molar-refractivity contribution in [1.82, 2.24) is 0 Å². The van der Waals surface area contributed by atoms with Gasteiger partial charge in [-0.3, -0.25) is 0 Å². The van der Waals surface area contributed by atoms with Crippen LogP contribution in [0, 0.1) is 0 Å². The van der Waals surface area contributed by atoms with Crippen LogP contribution in [0.5, 0.6) is 11.5 Å². The molecule has 0 aliphatic rings. The zero-order valence-electron chi connectivity index (χ0n) is 9.10. The van der Waals surface area contributed by atoms with Crippen LogP contribution in [0.3, 0.4) is 0 Å². The molecule has 2 N–H and O–H groups in total. The summed E-state index contributed by atoms with van der Waals surface area (Å²) in [6, 6.07) is 4.36. The van der Waals surface area contributed by atoms with Crippen LogP contribution in [0.2, 0.25) is 0 Å². The van der Waals surface area contributed by atoms with Gasteiger partial charge in [0.2, 0.25) is 0 Å². The highest BCUT2D eigenvalue weighted by Gasteiger charge is 2.13. The molecule has 5 heteroatoms. The number of rotatable bonds is 3. The molecule has 0 saturated heterocycles. The highest BCUT2D eigenvalue weighted by atomic mass is 16.7. The number of nitrogens with zero attached hydrogens (tertiary/aromatic N) is 1. The van der Waals surface area contributed by atoms with Crippen LogP contribution in [0.1, 0.15) is 25.8 Å². The van der Waals surface area contributed by atoms with E-state index in [2.05, 4.69) is 9.99 Å². The zero-order chi connectivity index (χ0) is 12.1. The molecule has 0 spiro atoms. The molecule has 16 heavy (non-hydrogen) atoms. The first kappa shape index (κ1) is 12.0. The quantitative estimate of drug-likeness (QED) is 0.465. The number of hydrogen-bond acceptors (Lipinski definition) is 5. The summed E-state index contributed by atoms with van der Waals surface area (Å²) in [5.41, 5.74) is 0.497. The number of hydrogen-bond donors (Lipinski definition) is 2. The Morgan fingerprint density at radius 1 is 1.38 bits per heavy atom. The summed E-state index contributed by atoms with van der Waals surface area (Å²) < 4.78 is 0. The molecule has 1 rings (SSSR count). The molecule has 0 aliphatic carbocycles. The normalized spacial score (nSPS) is 11.2. The molecule has 1 aromatic carbocycles. The van der Waals surface area contributed by atoms with Gasteiger partial charge in [-0.2, -0.15) is 0 Å². The van der Waals surface area contributed by atoms with Gasteiger partial charge < -0.3 is 15.1 Å². The fourth-order valence-corrected chi connectivity index (χ4v) is 1.23. The first-order valence-corrected chi connectivity index (χ1v) is 4.82. The molecule has 0 bridgehead atoms. The van der Waals surface area contributed by atoms with Crippen LogP contribution >= 0.6 is 0 Å². The minimum Gasteiger partial charge on any atom is -0.507 e. The summed E-state index contributed by atoms with van der Waals surface area (Å²) in [4.78, 5) is 15.1. The maximum atomic E-state index is 10.6. The van der Waals surface area contributed by atoms with Gasteiger partial charge in [-0.25, -0.2) is 4.79 Å². The van der Waals surface area contributed by atoms with E-state index in [0.717, 1.165) is 0 Å². The van der Waals surface area contributed by atoms with Gasteiger partial charge in [0, 0.05) is 6.92 Å². The highest BCUT2D eigenvalue weighted by Crippen LogP contribution is 2.28. The van der Waals surface area contributed by atoms with E-state index in [9.17, 15) is 15.0 Å². The Bertz CT molecular complexity index is 406. The van der Waals surface area contributed by atoms with E-state index < -0.39 is 5.97 Å². The number of phenols is 2. The third-order valence-electron chi connectivity index (χ3n) is 1.93. The maximum absolute atomic E-state index is 10.6. The van der Waals surface area contributed by atoms with Crippen molar-refractivity contribution >= 4 is 11.7 Å². The number of oxime groups is 1. The third kappa shape index (κ3) is 2.73. The van der Waals surface area contributed by atoms with Gasteiger partial charge in [0.15, 0.2) is 0 Å². The number of carbonyl (C=O) groups is 1. The number of phenolic OH excluding ortho intramolecular Hbond substituents is 2. The molecular weight excluding hydrogens is 210 g/mol. The van der Waals surface area contributed by atoms with E-state index >= 15 is 0 Å². The van der Waals surface area contributed by atoms with Crippen molar-refractivity contribution in [2.75, 3.05) is 0 Å². The molecular formula is C11H13NO4. The monoisotopic (exact) mass is 223 g/mol. The lowest BCUT2D eigenvalue weighted by molar-refractivity contribution is -0.140. The lowest BCUT2D eigenvalue weighted by atomic mass is 10.1. The van der Waals surface area contributed by atoms with Crippen molar-refractivity contribution in [2.45, 2.75) is 20.3 Å². The van der Waals surface area contributed by atoms with Gasteiger partial charge in [-0.1, -0.05) is 18.1 Å². The predicted octanol–water partition coefficient (Wildman–Crippen LogP) is 1.77. The Labute approximate surface area is 93.0 Å². The van der Waals surface area contributed by atoms with Gasteiger partial charge in [-0.15, -0.1) is 0 Å². The molecule has 0 heterocycles. The maximum Gasteiger partial charge on any atom is 0.331 e. The summed E-state index contributed by atoms with van der Waals surface area (Å²) in [5.74, 6) is -0.763. The Kier molecular flexibility index (Phi) is 3.88. The van der Waals surface area contributed by atoms with Crippen molar-refractivity contribution in [3.8, 4) is 11.5 Å². The molecule has 0 unspecified atom stereocenters. The lowest BCUT2D eigenvalue weighted by Gasteiger charge is -2.07. The summed E-state index contributed by atoms with van der Waals surface area (Å²) in [6.45, 7) is 3.00. The van der Waals surface area contributed by atoms with Crippen LogP contribution < -0.4 is 0 Å². The van der Waals surface area contributed by atoms with E-state index in [1.165, 1.54) is 25.1 Å². The van der Waals surface area contributed by atoms with Crippen LogP contribution in [0.4, 0.5) is 0 Å². The topological polar surface area (TPSA) is 79.1 Å². The molecule has 0 fully saturated rings. The van der Waals surface area contributed by atoms with Crippen LogP contribution in [-0.4, -0.2) is 21.9 Å². The van der Waals surface area contributed by atoms with Gasteiger partial charge in [-0.05, 0) is 18.6 Å². The van der Waals surface area contributed by atoms with E-state index in [-0.39, 0.29) is 17.1 Å². The SMILES string of the molecule is CCC(=NOC(C)=O)c1c(O)cccc1O. The third-order valence-corrected chi connectivity index (χ3v) is 1.93. The molecule has 1 aromatic rings. The van der Waals surface area contributed by atoms with Gasteiger partial charge >= 0.3 is 5.97 Å². The summed E-state index contributed by atoms with van der Waals surface area (Å²) in [5, 5.41) is 22.7. The molecule has 5 nitrogen and oxygen atoms in total. The first-order chi connectivity index (χ1) is 7.56. The molecule has 0 amide bonds. The van der Waals surface area contributed by atoms with Crippen molar-refractivity contribution in [3.63, 3.8) is 0 Å². The fourth-order valence-electron chi connectivity index (χ4n) is 1.23. The van der Waals surface area contributed by atoms with Crippen molar-refractivity contribution in [1.29, 1.82) is 0 Å². The Hall–Kier alpha value is -2.04. The van der Waals surface area contributed by atoms with Gasteiger partial charge in [0.1, 0.15) is 11.5 Å². The fraction of sp³-hybridized carbons (Fsp3) is 0.273. The number of carbonyl (C=O) groups excluding carboxylic acids is 1. The van der Waals surface area contributed by atoms with Crippen molar-refractivity contribution < 1.29 is 19.8 Å². The molecule has 0 radical (unpaired) electrons. The number of aromatic hydroxyl groups is 2. The molecule has 0 aliphatic heterocycles. The first-order valence-electron chi connectivity index (χ1n) is 4.82. The summed E-state index contributed by atoms with van der Waals surface area (Å²) in [6.07, 6.45) is 0.415. The van der Waals surface area contributed by atoms with Crippen LogP contribution in [0.25, 0.3) is 0 Å². The lowest BCUT2D eigenvalue weighted by Crippen LogP contribution is -2.03. The van der Waals surface area contributed by atoms with Crippen LogP contribution in [-0.2, 0) is 9.63 Å². The zero-order valence-corrected chi connectivity index (χ0v) is 9.10. The average molecular weight is 223 g/mol. The van der Waals surface area contributed by atoms with Gasteiger partial charge in [0.25, 0.3) is 0 Å². The second-order valence-corrected chi connectivity index (χ2v) is 3.15. The molecule has 0 atom stereocenters.